The first-order valence-electron chi connectivity index (χ1n) is 6.56. The fourth-order valence-corrected chi connectivity index (χ4v) is 1.91. The van der Waals surface area contributed by atoms with Crippen molar-refractivity contribution in [2.75, 3.05) is 31.7 Å². The highest BCUT2D eigenvalue weighted by Crippen LogP contribution is 2.28. The first-order chi connectivity index (χ1) is 8.70. The summed E-state index contributed by atoms with van der Waals surface area (Å²) in [7, 11) is 2.02. The van der Waals surface area contributed by atoms with Gasteiger partial charge in [0.15, 0.2) is 0 Å². The predicted octanol–water partition coefficient (Wildman–Crippen LogP) is 1.75. The molecule has 1 aliphatic carbocycles. The van der Waals surface area contributed by atoms with Gasteiger partial charge in [-0.3, -0.25) is 4.98 Å². The van der Waals surface area contributed by atoms with Gasteiger partial charge in [-0.15, -0.1) is 0 Å². The fraction of sp³-hybridized carbons (Fsp3) is 0.643. The maximum Gasteiger partial charge on any atom is 0.0717 e. The predicted molar refractivity (Wildman–Crippen MR) is 71.7 cm³/mol. The fourth-order valence-electron chi connectivity index (χ4n) is 1.91. The van der Waals surface area contributed by atoms with Crippen molar-refractivity contribution in [2.24, 2.45) is 5.92 Å². The molecule has 0 spiro atoms. The Morgan fingerprint density at radius 1 is 1.50 bits per heavy atom. The summed E-state index contributed by atoms with van der Waals surface area (Å²) in [4.78, 5) is 6.32. The van der Waals surface area contributed by atoms with E-state index < -0.39 is 0 Å². The average Bonchev–Trinajstić information content (AvgIpc) is 3.18. The number of hydrogen-bond acceptors (Lipinski definition) is 4. The Morgan fingerprint density at radius 2 is 2.28 bits per heavy atom. The molecule has 2 rings (SSSR count). The second-order valence-corrected chi connectivity index (χ2v) is 5.05. The summed E-state index contributed by atoms with van der Waals surface area (Å²) in [5.74, 6) is 0.812. The van der Waals surface area contributed by atoms with Crippen LogP contribution in [0.1, 0.15) is 24.1 Å². The summed E-state index contributed by atoms with van der Waals surface area (Å²) in [5.41, 5.74) is 2.87. The van der Waals surface area contributed by atoms with Gasteiger partial charge in [0.2, 0.25) is 0 Å². The zero-order valence-corrected chi connectivity index (χ0v) is 11.2. The van der Waals surface area contributed by atoms with E-state index in [1.54, 1.807) is 6.20 Å². The topological polar surface area (TPSA) is 45.6 Å². The molecule has 0 unspecified atom stereocenters. The third-order valence-corrected chi connectivity index (χ3v) is 3.30. The van der Waals surface area contributed by atoms with Gasteiger partial charge >= 0.3 is 0 Å². The SMILES string of the molecule is Cc1cc(N(C)CCOCC2CC2)c(CO)cn1. The van der Waals surface area contributed by atoms with E-state index in [1.165, 1.54) is 12.8 Å². The lowest BCUT2D eigenvalue weighted by atomic mass is 10.2. The van der Waals surface area contributed by atoms with Crippen LogP contribution in [0.4, 0.5) is 5.69 Å². The van der Waals surface area contributed by atoms with Gasteiger partial charge in [-0.1, -0.05) is 0 Å². The number of anilines is 1. The quantitative estimate of drug-likeness (QED) is 0.749. The van der Waals surface area contributed by atoms with Crippen molar-refractivity contribution in [3.05, 3.63) is 23.5 Å². The lowest BCUT2D eigenvalue weighted by Gasteiger charge is -2.22. The molecule has 0 saturated heterocycles. The van der Waals surface area contributed by atoms with Crippen LogP contribution in [0.3, 0.4) is 0 Å². The zero-order valence-electron chi connectivity index (χ0n) is 11.2. The lowest BCUT2D eigenvalue weighted by Crippen LogP contribution is -2.24. The van der Waals surface area contributed by atoms with Crippen molar-refractivity contribution in [3.8, 4) is 0 Å². The van der Waals surface area contributed by atoms with Crippen LogP contribution < -0.4 is 4.90 Å². The highest BCUT2D eigenvalue weighted by Gasteiger charge is 2.21. The number of hydrogen-bond donors (Lipinski definition) is 1. The van der Waals surface area contributed by atoms with E-state index in [-0.39, 0.29) is 6.61 Å². The molecule has 0 bridgehead atoms. The first kappa shape index (κ1) is 13.3. The largest absolute Gasteiger partial charge is 0.392 e. The van der Waals surface area contributed by atoms with Crippen molar-refractivity contribution in [1.82, 2.24) is 4.98 Å². The van der Waals surface area contributed by atoms with Crippen LogP contribution in [0.2, 0.25) is 0 Å². The molecule has 1 aromatic rings. The van der Waals surface area contributed by atoms with E-state index >= 15 is 0 Å². The van der Waals surface area contributed by atoms with Gasteiger partial charge in [0.25, 0.3) is 0 Å². The molecule has 0 radical (unpaired) electrons. The molecule has 0 aliphatic heterocycles. The monoisotopic (exact) mass is 250 g/mol. The average molecular weight is 250 g/mol. The smallest absolute Gasteiger partial charge is 0.0717 e. The normalized spacial score (nSPS) is 14.8. The van der Waals surface area contributed by atoms with Crippen LogP contribution in [-0.4, -0.2) is 36.9 Å². The Kier molecular flexibility index (Phi) is 4.55. The van der Waals surface area contributed by atoms with Crippen LogP contribution in [-0.2, 0) is 11.3 Å². The van der Waals surface area contributed by atoms with Gasteiger partial charge in [-0.25, -0.2) is 0 Å². The number of likely N-dealkylation sites (N-methyl/N-ethyl adjacent to an activating group) is 1. The summed E-state index contributed by atoms with van der Waals surface area (Å²) in [6, 6.07) is 2.01. The molecule has 100 valence electrons. The van der Waals surface area contributed by atoms with Crippen LogP contribution in [0.15, 0.2) is 12.3 Å². The zero-order chi connectivity index (χ0) is 13.0. The maximum absolute atomic E-state index is 9.31. The third-order valence-electron chi connectivity index (χ3n) is 3.30. The number of aryl methyl sites for hydroxylation is 1. The molecule has 1 heterocycles. The van der Waals surface area contributed by atoms with Crippen LogP contribution in [0.25, 0.3) is 0 Å². The molecular formula is C14H22N2O2. The molecule has 0 amide bonds. The lowest BCUT2D eigenvalue weighted by molar-refractivity contribution is 0.131. The van der Waals surface area contributed by atoms with E-state index in [1.807, 2.05) is 20.0 Å². The highest BCUT2D eigenvalue weighted by molar-refractivity contribution is 5.52. The summed E-state index contributed by atoms with van der Waals surface area (Å²) < 4.78 is 5.63. The Hall–Kier alpha value is -1.13. The van der Waals surface area contributed by atoms with E-state index in [4.69, 9.17) is 4.74 Å². The molecule has 1 aliphatic rings. The minimum Gasteiger partial charge on any atom is -0.392 e. The molecule has 4 heteroatoms. The minimum atomic E-state index is 0.0237. The Balaban J connectivity index is 1.85. The van der Waals surface area contributed by atoms with Crippen LogP contribution in [0.5, 0.6) is 0 Å². The maximum atomic E-state index is 9.31. The van der Waals surface area contributed by atoms with E-state index in [0.29, 0.717) is 0 Å². The van der Waals surface area contributed by atoms with E-state index in [2.05, 4.69) is 9.88 Å². The Morgan fingerprint density at radius 3 is 2.94 bits per heavy atom. The van der Waals surface area contributed by atoms with Gasteiger partial charge in [-0.2, -0.15) is 0 Å². The molecule has 1 N–H and O–H groups in total. The summed E-state index contributed by atoms with van der Waals surface area (Å²) >= 11 is 0. The van der Waals surface area contributed by atoms with Crippen molar-refractivity contribution in [2.45, 2.75) is 26.4 Å². The Labute approximate surface area is 109 Å². The number of ether oxygens (including phenoxy) is 1. The second kappa shape index (κ2) is 6.16. The Bertz CT molecular complexity index is 391. The number of aliphatic hydroxyl groups is 1. The molecule has 18 heavy (non-hydrogen) atoms. The van der Waals surface area contributed by atoms with Crippen molar-refractivity contribution in [3.63, 3.8) is 0 Å². The van der Waals surface area contributed by atoms with Crippen molar-refractivity contribution in [1.29, 1.82) is 0 Å². The van der Waals surface area contributed by atoms with E-state index in [9.17, 15) is 5.11 Å². The van der Waals surface area contributed by atoms with Gasteiger partial charge in [0.05, 0.1) is 13.2 Å². The van der Waals surface area contributed by atoms with Gasteiger partial charge in [0, 0.05) is 43.3 Å². The standard InChI is InChI=1S/C14H22N2O2/c1-11-7-14(13(9-17)8-15-11)16(2)5-6-18-10-12-3-4-12/h7-8,12,17H,3-6,9-10H2,1-2H3. The van der Waals surface area contributed by atoms with Gasteiger partial charge in [-0.05, 0) is 31.7 Å². The number of rotatable bonds is 7. The number of nitrogens with zero attached hydrogens (tertiary/aromatic N) is 2. The minimum absolute atomic E-state index is 0.0237. The summed E-state index contributed by atoms with van der Waals surface area (Å²) in [6.07, 6.45) is 4.40. The van der Waals surface area contributed by atoms with E-state index in [0.717, 1.165) is 42.6 Å². The molecule has 1 saturated carbocycles. The molecule has 1 aromatic heterocycles. The van der Waals surface area contributed by atoms with Crippen molar-refractivity contribution < 1.29 is 9.84 Å². The first-order valence-corrected chi connectivity index (χ1v) is 6.56. The number of aromatic nitrogens is 1. The number of pyridine rings is 1. The highest BCUT2D eigenvalue weighted by atomic mass is 16.5. The molecule has 0 aromatic carbocycles. The molecule has 0 atom stereocenters. The van der Waals surface area contributed by atoms with Crippen molar-refractivity contribution >= 4 is 5.69 Å². The second-order valence-electron chi connectivity index (χ2n) is 5.05. The van der Waals surface area contributed by atoms with Crippen LogP contribution in [0, 0.1) is 12.8 Å². The molecule has 4 nitrogen and oxygen atoms in total. The van der Waals surface area contributed by atoms with Crippen LogP contribution >= 0.6 is 0 Å². The molecule has 1 fully saturated rings. The van der Waals surface area contributed by atoms with Gasteiger partial charge < -0.3 is 14.7 Å². The molecular weight excluding hydrogens is 228 g/mol. The number of aliphatic hydroxyl groups excluding tert-OH is 1. The third kappa shape index (κ3) is 3.68. The van der Waals surface area contributed by atoms with Gasteiger partial charge in [0.1, 0.15) is 0 Å². The summed E-state index contributed by atoms with van der Waals surface area (Å²) in [6.45, 7) is 4.45. The summed E-state index contributed by atoms with van der Waals surface area (Å²) in [5, 5.41) is 9.31.